The van der Waals surface area contributed by atoms with Crippen LogP contribution in [0.25, 0.3) is 0 Å². The molecule has 0 aliphatic heterocycles. The van der Waals surface area contributed by atoms with Crippen molar-refractivity contribution in [3.05, 3.63) is 58.9 Å². The zero-order valence-electron chi connectivity index (χ0n) is 10.0. The van der Waals surface area contributed by atoms with Crippen LogP contribution in [0.4, 0.5) is 4.39 Å². The molecule has 0 heterocycles. The Morgan fingerprint density at radius 1 is 1.10 bits per heavy atom. The third-order valence-corrected chi connectivity index (χ3v) is 4.27. The molecular formula is C13H9Cl2FO3S. The molecule has 7 heteroatoms. The average molecular weight is 335 g/mol. The van der Waals surface area contributed by atoms with Crippen molar-refractivity contribution < 1.29 is 17.5 Å². The molecular weight excluding hydrogens is 326 g/mol. The summed E-state index contributed by atoms with van der Waals surface area (Å²) in [6.45, 7) is -0.0571. The van der Waals surface area contributed by atoms with Crippen molar-refractivity contribution in [2.45, 2.75) is 11.5 Å². The fourth-order valence-corrected chi connectivity index (χ4v) is 2.51. The molecule has 3 nitrogen and oxygen atoms in total. The minimum absolute atomic E-state index is 0.0320. The molecule has 0 aliphatic carbocycles. The summed E-state index contributed by atoms with van der Waals surface area (Å²) in [5, 5.41) is 0.268. The summed E-state index contributed by atoms with van der Waals surface area (Å²) in [5.74, 6) is -0.0779. The van der Waals surface area contributed by atoms with Gasteiger partial charge >= 0.3 is 0 Å². The van der Waals surface area contributed by atoms with Crippen molar-refractivity contribution in [2.75, 3.05) is 0 Å². The van der Waals surface area contributed by atoms with Crippen LogP contribution in [0.5, 0.6) is 5.75 Å². The van der Waals surface area contributed by atoms with Crippen LogP contribution in [0, 0.1) is 5.82 Å². The maximum Gasteiger partial charge on any atom is 0.261 e. The van der Waals surface area contributed by atoms with Gasteiger partial charge in [0.15, 0.2) is 0 Å². The molecule has 0 radical (unpaired) electrons. The Labute approximate surface area is 125 Å². The molecule has 0 saturated carbocycles. The predicted octanol–water partition coefficient (Wildman–Crippen LogP) is 3.99. The number of benzene rings is 2. The molecule has 0 atom stereocenters. The Morgan fingerprint density at radius 2 is 1.75 bits per heavy atom. The largest absolute Gasteiger partial charge is 0.489 e. The van der Waals surface area contributed by atoms with E-state index in [0.717, 1.165) is 0 Å². The monoisotopic (exact) mass is 334 g/mol. The summed E-state index contributed by atoms with van der Waals surface area (Å²) >= 11 is 5.86. The summed E-state index contributed by atoms with van der Waals surface area (Å²) in [4.78, 5) is -0.0320. The van der Waals surface area contributed by atoms with Crippen molar-refractivity contribution >= 4 is 31.3 Å². The van der Waals surface area contributed by atoms with Crippen LogP contribution in [-0.4, -0.2) is 8.42 Å². The van der Waals surface area contributed by atoms with E-state index in [0.29, 0.717) is 5.75 Å². The van der Waals surface area contributed by atoms with E-state index in [1.54, 1.807) is 6.07 Å². The van der Waals surface area contributed by atoms with E-state index in [2.05, 4.69) is 0 Å². The molecule has 2 rings (SSSR count). The Bertz CT molecular complexity index is 695. The van der Waals surface area contributed by atoms with Gasteiger partial charge in [-0.25, -0.2) is 12.8 Å². The molecule has 0 saturated heterocycles. The van der Waals surface area contributed by atoms with Gasteiger partial charge in [0.25, 0.3) is 9.05 Å². The minimum Gasteiger partial charge on any atom is -0.489 e. The second kappa shape index (κ2) is 5.99. The predicted molar refractivity (Wildman–Crippen MR) is 75.2 cm³/mol. The first-order valence-electron chi connectivity index (χ1n) is 5.48. The lowest BCUT2D eigenvalue weighted by Gasteiger charge is -2.09. The Kier molecular flexibility index (Phi) is 4.52. The highest BCUT2D eigenvalue weighted by molar-refractivity contribution is 8.13. The average Bonchev–Trinajstić information content (AvgIpc) is 2.37. The van der Waals surface area contributed by atoms with Gasteiger partial charge in [-0.2, -0.15) is 0 Å². The van der Waals surface area contributed by atoms with Crippen LogP contribution in [0.15, 0.2) is 47.4 Å². The van der Waals surface area contributed by atoms with E-state index < -0.39 is 14.9 Å². The summed E-state index contributed by atoms with van der Waals surface area (Å²) < 4.78 is 41.0. The van der Waals surface area contributed by atoms with E-state index in [1.165, 1.54) is 36.4 Å². The highest BCUT2D eigenvalue weighted by Gasteiger charge is 2.10. The number of hydrogen-bond acceptors (Lipinski definition) is 3. The normalized spacial score (nSPS) is 11.3. The molecule has 2 aromatic carbocycles. The fourth-order valence-electron chi connectivity index (χ4n) is 1.52. The molecule has 106 valence electrons. The topological polar surface area (TPSA) is 43.4 Å². The lowest BCUT2D eigenvalue weighted by atomic mass is 10.2. The van der Waals surface area contributed by atoms with Gasteiger partial charge in [-0.05, 0) is 36.4 Å². The van der Waals surface area contributed by atoms with Crippen LogP contribution in [0.1, 0.15) is 5.56 Å². The number of rotatable bonds is 4. The SMILES string of the molecule is O=S(=O)(Cl)c1ccc(OCc2c(F)cccc2Cl)cc1. The molecule has 0 aromatic heterocycles. The third kappa shape index (κ3) is 3.62. The van der Waals surface area contributed by atoms with Gasteiger partial charge < -0.3 is 4.74 Å². The molecule has 0 spiro atoms. The quantitative estimate of drug-likeness (QED) is 0.794. The van der Waals surface area contributed by atoms with Crippen LogP contribution in [0.2, 0.25) is 5.02 Å². The lowest BCUT2D eigenvalue weighted by molar-refractivity contribution is 0.300. The standard InChI is InChI=1S/C13H9Cl2FO3S/c14-12-2-1-3-13(16)11(12)8-19-9-4-6-10(7-5-9)20(15,17)18/h1-7H,8H2. The molecule has 0 N–H and O–H groups in total. The summed E-state index contributed by atoms with van der Waals surface area (Å²) in [5.41, 5.74) is 0.239. The van der Waals surface area contributed by atoms with Crippen LogP contribution >= 0.6 is 22.3 Å². The van der Waals surface area contributed by atoms with Crippen LogP contribution in [0.3, 0.4) is 0 Å². The molecule has 0 amide bonds. The van der Waals surface area contributed by atoms with Gasteiger partial charge in [-0.3, -0.25) is 0 Å². The lowest BCUT2D eigenvalue weighted by Crippen LogP contribution is -1.99. The maximum atomic E-state index is 13.5. The van der Waals surface area contributed by atoms with Gasteiger partial charge in [0, 0.05) is 16.2 Å². The third-order valence-electron chi connectivity index (χ3n) is 2.55. The maximum absolute atomic E-state index is 13.5. The Morgan fingerprint density at radius 3 is 2.30 bits per heavy atom. The van der Waals surface area contributed by atoms with E-state index in [1.807, 2.05) is 0 Å². The van der Waals surface area contributed by atoms with Gasteiger partial charge in [-0.1, -0.05) is 17.7 Å². The zero-order chi connectivity index (χ0) is 14.8. The second-order valence-electron chi connectivity index (χ2n) is 3.90. The van der Waals surface area contributed by atoms with Gasteiger partial charge in [-0.15, -0.1) is 0 Å². The van der Waals surface area contributed by atoms with Crippen molar-refractivity contribution in [2.24, 2.45) is 0 Å². The molecule has 0 fully saturated rings. The number of halogens is 3. The molecule has 2 aromatic rings. The molecule has 0 aliphatic rings. The number of hydrogen-bond donors (Lipinski definition) is 0. The number of ether oxygens (including phenoxy) is 1. The fraction of sp³-hybridized carbons (Fsp3) is 0.0769. The molecule has 20 heavy (non-hydrogen) atoms. The van der Waals surface area contributed by atoms with Crippen molar-refractivity contribution in [1.29, 1.82) is 0 Å². The highest BCUT2D eigenvalue weighted by atomic mass is 35.7. The van der Waals surface area contributed by atoms with Crippen molar-refractivity contribution in [1.82, 2.24) is 0 Å². The first-order chi connectivity index (χ1) is 9.38. The Balaban J connectivity index is 2.12. The smallest absolute Gasteiger partial charge is 0.261 e. The van der Waals surface area contributed by atoms with Gasteiger partial charge in [0.1, 0.15) is 18.2 Å². The first-order valence-corrected chi connectivity index (χ1v) is 8.17. The minimum atomic E-state index is -3.76. The molecule has 0 bridgehead atoms. The van der Waals surface area contributed by atoms with E-state index >= 15 is 0 Å². The summed E-state index contributed by atoms with van der Waals surface area (Å²) in [6.07, 6.45) is 0. The first kappa shape index (κ1) is 15.1. The van der Waals surface area contributed by atoms with E-state index in [4.69, 9.17) is 27.0 Å². The molecule has 0 unspecified atom stereocenters. The van der Waals surface area contributed by atoms with Crippen LogP contribution in [-0.2, 0) is 15.7 Å². The van der Waals surface area contributed by atoms with Crippen molar-refractivity contribution in [3.63, 3.8) is 0 Å². The van der Waals surface area contributed by atoms with Gasteiger partial charge in [0.2, 0.25) is 0 Å². The van der Waals surface area contributed by atoms with Crippen molar-refractivity contribution in [3.8, 4) is 5.75 Å². The Hall–Kier alpha value is -1.30. The highest BCUT2D eigenvalue weighted by Crippen LogP contribution is 2.23. The van der Waals surface area contributed by atoms with E-state index in [-0.39, 0.29) is 22.1 Å². The van der Waals surface area contributed by atoms with Gasteiger partial charge in [0.05, 0.1) is 9.92 Å². The second-order valence-corrected chi connectivity index (χ2v) is 6.87. The summed E-state index contributed by atoms with van der Waals surface area (Å²) in [7, 11) is 1.43. The van der Waals surface area contributed by atoms with E-state index in [9.17, 15) is 12.8 Å². The zero-order valence-corrected chi connectivity index (χ0v) is 12.3. The summed E-state index contributed by atoms with van der Waals surface area (Å²) in [6, 6.07) is 9.83. The van der Waals surface area contributed by atoms with Crippen LogP contribution < -0.4 is 4.74 Å².